The maximum absolute atomic E-state index is 12.1. The van der Waals surface area contributed by atoms with Crippen LogP contribution in [0.2, 0.25) is 0 Å². The van der Waals surface area contributed by atoms with Crippen LogP contribution in [0.5, 0.6) is 0 Å². The Bertz CT molecular complexity index is 520. The lowest BCUT2D eigenvalue weighted by molar-refractivity contribution is 0.159. The lowest BCUT2D eigenvalue weighted by Gasteiger charge is -2.28. The molecule has 2 rings (SSSR count). The molecule has 0 aromatic heterocycles. The third-order valence-corrected chi connectivity index (χ3v) is 4.86. The molecule has 0 aliphatic heterocycles. The summed E-state index contributed by atoms with van der Waals surface area (Å²) in [4.78, 5) is 13.3. The van der Waals surface area contributed by atoms with E-state index in [9.17, 15) is 9.90 Å². The van der Waals surface area contributed by atoms with Crippen LogP contribution < -0.4 is 10.6 Å². The molecular weight excluding hydrogens is 296 g/mol. The number of amides is 2. The van der Waals surface area contributed by atoms with Crippen LogP contribution in [0.3, 0.4) is 0 Å². The first-order valence-corrected chi connectivity index (χ1v) is 8.53. The molecular formula is C17H26N2O2S. The number of hydrogen-bond acceptors (Lipinski definition) is 3. The number of hydrogen-bond donors (Lipinski definition) is 3. The van der Waals surface area contributed by atoms with Gasteiger partial charge in [-0.1, -0.05) is 20.8 Å². The van der Waals surface area contributed by atoms with Crippen molar-refractivity contribution >= 4 is 23.5 Å². The number of carbonyl (C=O) groups is 1. The summed E-state index contributed by atoms with van der Waals surface area (Å²) in [6.45, 7) is 8.38. The standard InChI is InChI=1S/C17H26N2O2S/c1-16(2,3)22-14-9-7-13(8-10-14)18-15(21)19-17(4,11-20)12-5-6-12/h7-10,12,20H,5-6,11H2,1-4H3,(H2,18,19,21). The highest BCUT2D eigenvalue weighted by molar-refractivity contribution is 8.00. The van der Waals surface area contributed by atoms with E-state index < -0.39 is 5.54 Å². The number of aliphatic hydroxyl groups excluding tert-OH is 1. The quantitative estimate of drug-likeness (QED) is 0.721. The summed E-state index contributed by atoms with van der Waals surface area (Å²) >= 11 is 1.79. The number of urea groups is 1. The Morgan fingerprint density at radius 2 is 1.82 bits per heavy atom. The Hall–Kier alpha value is -1.20. The van der Waals surface area contributed by atoms with Gasteiger partial charge in [0.2, 0.25) is 0 Å². The zero-order chi connectivity index (χ0) is 16.4. The average Bonchev–Trinajstić information content (AvgIpc) is 3.24. The molecule has 0 heterocycles. The first-order chi connectivity index (χ1) is 10.2. The molecule has 1 unspecified atom stereocenters. The lowest BCUT2D eigenvalue weighted by atomic mass is 9.97. The Morgan fingerprint density at radius 1 is 1.23 bits per heavy atom. The van der Waals surface area contributed by atoms with Crippen molar-refractivity contribution in [2.45, 2.75) is 55.7 Å². The Kier molecular flexibility index (Phi) is 5.07. The molecule has 0 spiro atoms. The van der Waals surface area contributed by atoms with Crippen LogP contribution >= 0.6 is 11.8 Å². The number of carbonyl (C=O) groups excluding carboxylic acids is 1. The van der Waals surface area contributed by atoms with E-state index >= 15 is 0 Å². The van der Waals surface area contributed by atoms with Crippen molar-refractivity contribution in [1.82, 2.24) is 5.32 Å². The third kappa shape index (κ3) is 4.92. The van der Waals surface area contributed by atoms with E-state index in [0.29, 0.717) is 5.92 Å². The minimum atomic E-state index is -0.522. The second-order valence-corrected chi connectivity index (χ2v) is 9.07. The molecule has 0 radical (unpaired) electrons. The predicted octanol–water partition coefficient (Wildman–Crippen LogP) is 3.86. The summed E-state index contributed by atoms with van der Waals surface area (Å²) in [6, 6.07) is 7.57. The molecule has 22 heavy (non-hydrogen) atoms. The van der Waals surface area contributed by atoms with Gasteiger partial charge in [-0.2, -0.15) is 0 Å². The Labute approximate surface area is 137 Å². The molecule has 1 aromatic carbocycles. The number of anilines is 1. The summed E-state index contributed by atoms with van der Waals surface area (Å²) in [5.41, 5.74) is 0.235. The van der Waals surface area contributed by atoms with E-state index in [0.717, 1.165) is 18.5 Å². The first-order valence-electron chi connectivity index (χ1n) is 7.71. The van der Waals surface area contributed by atoms with Crippen LogP contribution in [0.25, 0.3) is 0 Å². The molecule has 2 amide bonds. The summed E-state index contributed by atoms with van der Waals surface area (Å²) in [5.74, 6) is 0.383. The Morgan fingerprint density at radius 3 is 2.27 bits per heavy atom. The summed E-state index contributed by atoms with van der Waals surface area (Å²) < 4.78 is 0.166. The molecule has 5 heteroatoms. The van der Waals surface area contributed by atoms with Crippen molar-refractivity contribution in [3.05, 3.63) is 24.3 Å². The van der Waals surface area contributed by atoms with Gasteiger partial charge < -0.3 is 15.7 Å². The van der Waals surface area contributed by atoms with Crippen molar-refractivity contribution in [2.24, 2.45) is 5.92 Å². The maximum atomic E-state index is 12.1. The van der Waals surface area contributed by atoms with Gasteiger partial charge in [-0.15, -0.1) is 11.8 Å². The maximum Gasteiger partial charge on any atom is 0.319 e. The number of nitrogens with one attached hydrogen (secondary N) is 2. The topological polar surface area (TPSA) is 61.4 Å². The predicted molar refractivity (Wildman–Crippen MR) is 92.4 cm³/mol. The summed E-state index contributed by atoms with van der Waals surface area (Å²) in [7, 11) is 0. The molecule has 1 aliphatic carbocycles. The van der Waals surface area contributed by atoms with E-state index in [-0.39, 0.29) is 17.4 Å². The fraction of sp³-hybridized carbons (Fsp3) is 0.588. The van der Waals surface area contributed by atoms with E-state index in [4.69, 9.17) is 0 Å². The SMILES string of the molecule is CC(C)(C)Sc1ccc(NC(=O)NC(C)(CO)C2CC2)cc1. The van der Waals surface area contributed by atoms with Crippen LogP contribution in [0, 0.1) is 5.92 Å². The number of aliphatic hydroxyl groups is 1. The normalized spacial score (nSPS) is 17.7. The smallest absolute Gasteiger partial charge is 0.319 e. The van der Waals surface area contributed by atoms with Crippen molar-refractivity contribution in [1.29, 1.82) is 0 Å². The zero-order valence-electron chi connectivity index (χ0n) is 13.8. The van der Waals surface area contributed by atoms with Crippen LogP contribution in [0.15, 0.2) is 29.2 Å². The van der Waals surface area contributed by atoms with E-state index in [1.165, 1.54) is 4.90 Å². The van der Waals surface area contributed by atoms with Crippen molar-refractivity contribution in [3.63, 3.8) is 0 Å². The highest BCUT2D eigenvalue weighted by Crippen LogP contribution is 2.39. The fourth-order valence-corrected chi connectivity index (χ4v) is 3.35. The van der Waals surface area contributed by atoms with Crippen molar-refractivity contribution < 1.29 is 9.90 Å². The molecule has 122 valence electrons. The largest absolute Gasteiger partial charge is 0.394 e. The Balaban J connectivity index is 1.91. The van der Waals surface area contributed by atoms with E-state index in [1.54, 1.807) is 11.8 Å². The third-order valence-electron chi connectivity index (χ3n) is 3.74. The second kappa shape index (κ2) is 6.50. The van der Waals surface area contributed by atoms with Gasteiger partial charge in [0.1, 0.15) is 0 Å². The molecule has 1 atom stereocenters. The zero-order valence-corrected chi connectivity index (χ0v) is 14.6. The van der Waals surface area contributed by atoms with Gasteiger partial charge in [0.15, 0.2) is 0 Å². The summed E-state index contributed by atoms with van der Waals surface area (Å²) in [6.07, 6.45) is 2.13. The fourth-order valence-electron chi connectivity index (χ4n) is 2.37. The van der Waals surface area contributed by atoms with Gasteiger partial charge in [-0.25, -0.2) is 4.79 Å². The van der Waals surface area contributed by atoms with Gasteiger partial charge in [0, 0.05) is 15.3 Å². The van der Waals surface area contributed by atoms with Crippen LogP contribution in [0.1, 0.15) is 40.5 Å². The molecule has 1 saturated carbocycles. The van der Waals surface area contributed by atoms with E-state index in [1.807, 2.05) is 31.2 Å². The molecule has 0 bridgehead atoms. The van der Waals surface area contributed by atoms with Crippen LogP contribution in [0.4, 0.5) is 10.5 Å². The monoisotopic (exact) mass is 322 g/mol. The minimum absolute atomic E-state index is 0.0355. The molecule has 1 aliphatic rings. The van der Waals surface area contributed by atoms with Crippen LogP contribution in [-0.4, -0.2) is 28.0 Å². The molecule has 1 fully saturated rings. The number of benzene rings is 1. The van der Waals surface area contributed by atoms with Crippen LogP contribution in [-0.2, 0) is 0 Å². The molecule has 4 nitrogen and oxygen atoms in total. The van der Waals surface area contributed by atoms with E-state index in [2.05, 4.69) is 31.4 Å². The molecule has 3 N–H and O–H groups in total. The molecule has 0 saturated heterocycles. The van der Waals surface area contributed by atoms with Gasteiger partial charge >= 0.3 is 6.03 Å². The average molecular weight is 322 g/mol. The lowest BCUT2D eigenvalue weighted by Crippen LogP contribution is -2.52. The highest BCUT2D eigenvalue weighted by Gasteiger charge is 2.42. The van der Waals surface area contributed by atoms with Gasteiger partial charge in [-0.3, -0.25) is 0 Å². The minimum Gasteiger partial charge on any atom is -0.394 e. The van der Waals surface area contributed by atoms with Crippen molar-refractivity contribution in [2.75, 3.05) is 11.9 Å². The van der Waals surface area contributed by atoms with Gasteiger partial charge in [0.05, 0.1) is 12.1 Å². The van der Waals surface area contributed by atoms with Gasteiger partial charge in [0.25, 0.3) is 0 Å². The second-order valence-electron chi connectivity index (χ2n) is 7.17. The first kappa shape index (κ1) is 17.2. The highest BCUT2D eigenvalue weighted by atomic mass is 32.2. The molecule has 1 aromatic rings. The number of thioether (sulfide) groups is 1. The van der Waals surface area contributed by atoms with Gasteiger partial charge in [-0.05, 0) is 49.9 Å². The summed E-state index contributed by atoms with van der Waals surface area (Å²) in [5, 5.41) is 15.2. The van der Waals surface area contributed by atoms with Crippen molar-refractivity contribution in [3.8, 4) is 0 Å². The number of rotatable bonds is 5.